The van der Waals surface area contributed by atoms with Gasteiger partial charge < -0.3 is 68.3 Å². The Morgan fingerprint density at radius 2 is 1.62 bits per heavy atom. The molecule has 18 heteroatoms. The van der Waals surface area contributed by atoms with Gasteiger partial charge in [0.2, 0.25) is 0 Å². The molecule has 2 bridgehead atoms. The number of benzene rings is 2. The van der Waals surface area contributed by atoms with E-state index >= 15 is 0 Å². The normalized spacial score (nSPS) is 35.8. The van der Waals surface area contributed by atoms with Crippen LogP contribution in [0.25, 0.3) is 0 Å². The maximum absolute atomic E-state index is 14.5. The third kappa shape index (κ3) is 16.0. The average Bonchev–Trinajstić information content (AvgIpc) is 3.40. The van der Waals surface area contributed by atoms with Crippen LogP contribution in [-0.4, -0.2) is 172 Å². The van der Waals surface area contributed by atoms with Crippen molar-refractivity contribution >= 4 is 29.1 Å². The number of para-hydroxylation sites is 1. The first kappa shape index (κ1) is 58.8. The largest absolute Gasteiger partial charge is 0.462 e. The molecule has 6 rings (SSSR count). The van der Waals surface area contributed by atoms with Crippen LogP contribution in [-0.2, 0) is 58.9 Å². The lowest BCUT2D eigenvalue weighted by atomic mass is 9.79. The van der Waals surface area contributed by atoms with Crippen LogP contribution in [0.4, 0.5) is 5.69 Å². The van der Waals surface area contributed by atoms with E-state index in [1.54, 1.807) is 69.4 Å². The minimum Gasteiger partial charge on any atom is -0.462 e. The maximum atomic E-state index is 14.5. The summed E-state index contributed by atoms with van der Waals surface area (Å²) >= 11 is 0. The first-order valence-electron chi connectivity index (χ1n) is 26.1. The van der Waals surface area contributed by atoms with E-state index in [2.05, 4.69) is 10.5 Å². The second-order valence-electron chi connectivity index (χ2n) is 20.5. The topological polar surface area (TPSA) is 223 Å². The lowest BCUT2D eigenvalue weighted by Gasteiger charge is -2.47. The molecule has 1 amide bonds. The molecule has 18 nitrogen and oxygen atoms in total. The molecule has 4 N–H and O–H groups in total. The second-order valence-corrected chi connectivity index (χ2v) is 20.5. The molecule has 4 aliphatic rings. The number of nitrogens with one attached hydrogen (secondary N) is 1. The standard InChI is InChI=1S/C56H81N3O15/c1-10-45-40(30-69-46-23-22-44(61)53(66-8)54(46)67-9)26-33(2)16-21-43(60)34(3)27-39-24-25-68-31-42(58-71-29-37-17-19-38(20-18-37)55(65)57-41-14-12-11-13-15-41)32-70-47(28-48(62)73-45)35(4)52(39)74-56-51(64)49(59(6)7)50(63)36(5)72-56/h11-21,26,34-36,39-40,44-47,49-54,56,61,63-64H,10,22-25,27-32H2,1-9H3,(H,57,65)/b21-16+,33-26+,58-42+/t34-,35+,36-,39?,40-,44-,45-,46-,47-,49+,50-,51-,52-,53-,54+,56+/m1/s1. The fourth-order valence-corrected chi connectivity index (χ4v) is 10.5. The van der Waals surface area contributed by atoms with Crippen LogP contribution >= 0.6 is 0 Å². The molecule has 1 unspecified atom stereocenters. The molecule has 2 aromatic carbocycles. The highest BCUT2D eigenvalue weighted by atomic mass is 16.7. The highest BCUT2D eigenvalue weighted by molar-refractivity contribution is 6.04. The molecule has 3 aliphatic heterocycles. The number of ether oxygens (including phenoxy) is 8. The van der Waals surface area contributed by atoms with Crippen LogP contribution in [0, 0.1) is 23.7 Å². The van der Waals surface area contributed by atoms with E-state index in [-0.39, 0.29) is 57.1 Å². The van der Waals surface area contributed by atoms with Crippen molar-refractivity contribution in [1.29, 1.82) is 0 Å². The highest BCUT2D eigenvalue weighted by Crippen LogP contribution is 2.36. The lowest BCUT2D eigenvalue weighted by Crippen LogP contribution is -2.63. The van der Waals surface area contributed by atoms with Gasteiger partial charge in [0.15, 0.2) is 12.1 Å². The summed E-state index contributed by atoms with van der Waals surface area (Å²) in [6.07, 6.45) is -1.41. The van der Waals surface area contributed by atoms with Crippen molar-refractivity contribution in [2.75, 3.05) is 60.1 Å². The molecule has 2 saturated heterocycles. The number of carbonyl (C=O) groups is 3. The molecule has 0 radical (unpaired) electrons. The van der Waals surface area contributed by atoms with E-state index < -0.39 is 97.1 Å². The van der Waals surface area contributed by atoms with Crippen molar-refractivity contribution in [3.8, 4) is 0 Å². The summed E-state index contributed by atoms with van der Waals surface area (Å²) in [5, 5.41) is 40.9. The zero-order valence-electron chi connectivity index (χ0n) is 44.6. The smallest absolute Gasteiger partial charge is 0.308 e. The predicted octanol–water partition coefficient (Wildman–Crippen LogP) is 5.66. The summed E-state index contributed by atoms with van der Waals surface area (Å²) in [6, 6.07) is 15.5. The number of amides is 1. The van der Waals surface area contributed by atoms with Crippen LogP contribution in [0.5, 0.6) is 0 Å². The number of fused-ring (bicyclic) bond motifs is 3. The van der Waals surface area contributed by atoms with Gasteiger partial charge in [0.1, 0.15) is 36.7 Å². The maximum Gasteiger partial charge on any atom is 0.308 e. The number of hydrogen-bond acceptors (Lipinski definition) is 17. The number of methoxy groups -OCH3 is 2. The van der Waals surface area contributed by atoms with Crippen molar-refractivity contribution in [3.05, 3.63) is 89.5 Å². The number of cyclic esters (lactones) is 1. The number of ketones is 1. The van der Waals surface area contributed by atoms with Gasteiger partial charge in [-0.3, -0.25) is 14.4 Å². The molecular formula is C56H81N3O15. The van der Waals surface area contributed by atoms with E-state index in [9.17, 15) is 29.7 Å². The number of carbonyl (C=O) groups excluding carboxylic acids is 3. The van der Waals surface area contributed by atoms with E-state index in [0.717, 1.165) is 11.1 Å². The summed E-state index contributed by atoms with van der Waals surface area (Å²) in [6.45, 7) is 9.73. The predicted molar refractivity (Wildman–Crippen MR) is 276 cm³/mol. The molecule has 3 heterocycles. The number of oxime groups is 1. The van der Waals surface area contributed by atoms with Crippen molar-refractivity contribution in [3.63, 3.8) is 0 Å². The molecule has 1 saturated carbocycles. The molecule has 74 heavy (non-hydrogen) atoms. The molecule has 2 aromatic rings. The lowest BCUT2D eigenvalue weighted by molar-refractivity contribution is -0.305. The average molecular weight is 1040 g/mol. The zero-order valence-corrected chi connectivity index (χ0v) is 44.6. The van der Waals surface area contributed by atoms with Crippen molar-refractivity contribution in [2.24, 2.45) is 28.8 Å². The summed E-state index contributed by atoms with van der Waals surface area (Å²) in [5.74, 6) is -2.78. The van der Waals surface area contributed by atoms with E-state index in [0.29, 0.717) is 49.1 Å². The Balaban J connectivity index is 1.29. The molecule has 410 valence electrons. The summed E-state index contributed by atoms with van der Waals surface area (Å²) in [5.41, 5.74) is 3.13. The molecule has 0 spiro atoms. The number of likely N-dealkylation sites (N-methyl/N-ethyl adjacent to an activating group) is 1. The number of aliphatic hydroxyl groups excluding tert-OH is 3. The minimum absolute atomic E-state index is 0.0313. The van der Waals surface area contributed by atoms with Gasteiger partial charge in [0, 0.05) is 49.8 Å². The van der Waals surface area contributed by atoms with Gasteiger partial charge in [-0.25, -0.2) is 0 Å². The van der Waals surface area contributed by atoms with Gasteiger partial charge in [0.05, 0.1) is 68.9 Å². The van der Waals surface area contributed by atoms with Crippen LogP contribution in [0.2, 0.25) is 0 Å². The van der Waals surface area contributed by atoms with Crippen LogP contribution in [0.3, 0.4) is 0 Å². The SMILES string of the molecule is CC[C@H]1OC(=O)C[C@H]2OC/C(=N/OCc3ccc(C(=O)Nc4ccccc4)cc3)COCCC(C[C@@H](C)C(=O)/C=C/C(C)=C/[C@@H]1CO[C@@H]1CC[C@@H](O)[C@@H](OC)[C@H]1OC)[C@H](O[C@@H]1O[C@H](C)[C@@H](O)[C@H](N(C)C)[C@H]1O)[C@H]2C. The molecule has 1 aliphatic carbocycles. The summed E-state index contributed by atoms with van der Waals surface area (Å²) in [7, 11) is 6.63. The first-order chi connectivity index (χ1) is 35.5. The van der Waals surface area contributed by atoms with Gasteiger partial charge in [-0.1, -0.05) is 74.0 Å². The Morgan fingerprint density at radius 3 is 2.31 bits per heavy atom. The first-order valence-corrected chi connectivity index (χ1v) is 26.1. The summed E-state index contributed by atoms with van der Waals surface area (Å²) < 4.78 is 50.4. The second kappa shape index (κ2) is 28.6. The van der Waals surface area contributed by atoms with Crippen LogP contribution in [0.15, 0.2) is 83.6 Å². The van der Waals surface area contributed by atoms with Crippen LogP contribution < -0.4 is 5.32 Å². The third-order valence-corrected chi connectivity index (χ3v) is 14.8. The fraction of sp³-hybridized carbons (Fsp3) is 0.643. The molecular weight excluding hydrogens is 955 g/mol. The van der Waals surface area contributed by atoms with Crippen LogP contribution in [0.1, 0.15) is 89.1 Å². The van der Waals surface area contributed by atoms with Crippen molar-refractivity contribution in [2.45, 2.75) is 153 Å². The van der Waals surface area contributed by atoms with Gasteiger partial charge in [-0.15, -0.1) is 0 Å². The minimum atomic E-state index is -1.27. The van der Waals surface area contributed by atoms with Gasteiger partial charge in [0.25, 0.3) is 5.91 Å². The molecule has 16 atom stereocenters. The third-order valence-electron chi connectivity index (χ3n) is 14.8. The van der Waals surface area contributed by atoms with E-state index in [4.69, 9.17) is 42.7 Å². The monoisotopic (exact) mass is 1040 g/mol. The number of allylic oxidation sites excluding steroid dienone is 3. The number of rotatable bonds is 14. The highest BCUT2D eigenvalue weighted by Gasteiger charge is 2.48. The number of anilines is 1. The van der Waals surface area contributed by atoms with Gasteiger partial charge >= 0.3 is 5.97 Å². The molecule has 0 aromatic heterocycles. The summed E-state index contributed by atoms with van der Waals surface area (Å²) in [4.78, 5) is 49.1. The van der Waals surface area contributed by atoms with Crippen molar-refractivity contribution in [1.82, 2.24) is 4.90 Å². The number of esters is 1. The molecule has 3 fully saturated rings. The zero-order chi connectivity index (χ0) is 53.5. The number of aliphatic hydroxyl groups is 3. The quantitative estimate of drug-likeness (QED) is 0.132. The van der Waals surface area contributed by atoms with Gasteiger partial charge in [-0.05, 0) is 102 Å². The number of nitrogens with zero attached hydrogens (tertiary/aromatic N) is 2. The Kier molecular flexibility index (Phi) is 22.7. The van der Waals surface area contributed by atoms with Gasteiger partial charge in [-0.2, -0.15) is 0 Å². The van der Waals surface area contributed by atoms with E-state index in [1.807, 2.05) is 64.1 Å². The Bertz CT molecular complexity index is 2170. The number of hydrogen-bond donors (Lipinski definition) is 4. The van der Waals surface area contributed by atoms with Crippen molar-refractivity contribution < 1.29 is 72.4 Å². The fourth-order valence-electron chi connectivity index (χ4n) is 10.5. The van der Waals surface area contributed by atoms with E-state index in [1.165, 1.54) is 7.11 Å². The Labute approximate surface area is 436 Å². The Morgan fingerprint density at radius 1 is 0.892 bits per heavy atom. The Hall–Kier alpha value is -4.44.